The van der Waals surface area contributed by atoms with E-state index in [1.807, 2.05) is 11.0 Å². The Morgan fingerprint density at radius 2 is 1.81 bits per heavy atom. The van der Waals surface area contributed by atoms with E-state index in [4.69, 9.17) is 10.5 Å². The van der Waals surface area contributed by atoms with E-state index in [1.165, 1.54) is 6.20 Å². The summed E-state index contributed by atoms with van der Waals surface area (Å²) >= 11 is 1.69. The maximum atomic E-state index is 13.8. The van der Waals surface area contributed by atoms with Crippen molar-refractivity contribution in [3.8, 4) is 11.4 Å². The monoisotopic (exact) mass is 532 g/mol. The van der Waals surface area contributed by atoms with Crippen molar-refractivity contribution in [3.63, 3.8) is 0 Å². The number of halogens is 3. The van der Waals surface area contributed by atoms with Gasteiger partial charge in [-0.2, -0.15) is 9.78 Å². The summed E-state index contributed by atoms with van der Waals surface area (Å²) in [5, 5.41) is 4.20. The third-order valence-corrected chi connectivity index (χ3v) is 7.65. The maximum Gasteiger partial charge on any atom is 0.316 e. The lowest BCUT2D eigenvalue weighted by Crippen LogP contribution is -2.44. The first kappa shape index (κ1) is 25.4. The van der Waals surface area contributed by atoms with Gasteiger partial charge in [0, 0.05) is 50.6 Å². The molecule has 1 saturated heterocycles. The van der Waals surface area contributed by atoms with Gasteiger partial charge in [0.05, 0.1) is 11.9 Å². The molecule has 0 bridgehead atoms. The molecule has 3 aromatic rings. The van der Waals surface area contributed by atoms with Crippen LogP contribution in [0.5, 0.6) is 5.75 Å². The summed E-state index contributed by atoms with van der Waals surface area (Å²) in [4.78, 5) is 19.6. The number of hydrogen-bond donors (Lipinski definition) is 1. The number of nitrogens with zero attached hydrogens (tertiary/aromatic N) is 5. The predicted molar refractivity (Wildman–Crippen MR) is 137 cm³/mol. The van der Waals surface area contributed by atoms with E-state index in [9.17, 15) is 18.0 Å². The maximum absolute atomic E-state index is 13.8. The molecule has 1 aromatic carbocycles. The molecule has 2 aromatic heterocycles. The van der Waals surface area contributed by atoms with Crippen molar-refractivity contribution in [2.24, 2.45) is 0 Å². The largest absolute Gasteiger partial charge is 0.483 e. The molecule has 5 rings (SSSR count). The molecule has 0 spiro atoms. The highest BCUT2D eigenvalue weighted by atomic mass is 32.2. The van der Waals surface area contributed by atoms with Gasteiger partial charge in [-0.15, -0.1) is 0 Å². The number of piperazine rings is 1. The molecule has 12 heteroatoms. The molecular weight excluding hydrogens is 505 g/mol. The first-order valence-corrected chi connectivity index (χ1v) is 13.0. The van der Waals surface area contributed by atoms with Crippen molar-refractivity contribution in [1.29, 1.82) is 0 Å². The van der Waals surface area contributed by atoms with Gasteiger partial charge in [0.1, 0.15) is 35.4 Å². The van der Waals surface area contributed by atoms with Crippen LogP contribution in [0.4, 0.5) is 24.7 Å². The van der Waals surface area contributed by atoms with Crippen molar-refractivity contribution >= 4 is 23.5 Å². The zero-order chi connectivity index (χ0) is 25.9. The smallest absolute Gasteiger partial charge is 0.316 e. The van der Waals surface area contributed by atoms with Crippen molar-refractivity contribution < 1.29 is 17.9 Å². The van der Waals surface area contributed by atoms with Gasteiger partial charge in [-0.05, 0) is 36.6 Å². The Kier molecular flexibility index (Phi) is 7.56. The quantitative estimate of drug-likeness (QED) is 0.461. The zero-order valence-corrected chi connectivity index (χ0v) is 20.8. The minimum atomic E-state index is -0.980. The molecule has 1 aliphatic carbocycles. The van der Waals surface area contributed by atoms with Crippen LogP contribution >= 0.6 is 11.9 Å². The molecule has 2 aliphatic rings. The Morgan fingerprint density at radius 1 is 1.05 bits per heavy atom. The summed E-state index contributed by atoms with van der Waals surface area (Å²) in [6.45, 7) is 2.67. The van der Waals surface area contributed by atoms with E-state index >= 15 is 0 Å². The van der Waals surface area contributed by atoms with E-state index in [-0.39, 0.29) is 17.9 Å². The number of nitrogen functional groups attached to an aromatic ring is 1. The molecule has 0 radical (unpaired) electrons. The fourth-order valence-electron chi connectivity index (χ4n) is 4.52. The van der Waals surface area contributed by atoms with Crippen LogP contribution < -0.4 is 20.9 Å². The fraction of sp³-hybridized carbons (Fsp3) is 0.400. The van der Waals surface area contributed by atoms with E-state index in [1.54, 1.807) is 24.2 Å². The molecule has 2 N–H and O–H groups in total. The molecule has 2 atom stereocenters. The van der Waals surface area contributed by atoms with Crippen LogP contribution in [0.15, 0.2) is 47.5 Å². The van der Waals surface area contributed by atoms with Crippen LogP contribution in [0.2, 0.25) is 0 Å². The first-order valence-electron chi connectivity index (χ1n) is 12.1. The van der Waals surface area contributed by atoms with Crippen LogP contribution in [-0.2, 0) is 5.75 Å². The van der Waals surface area contributed by atoms with E-state index < -0.39 is 29.5 Å². The van der Waals surface area contributed by atoms with E-state index in [2.05, 4.69) is 14.4 Å². The third-order valence-electron chi connectivity index (χ3n) is 6.45. The second-order valence-corrected chi connectivity index (χ2v) is 10.2. The lowest BCUT2D eigenvalue weighted by Gasteiger charge is -2.36. The Balaban J connectivity index is 1.35. The number of rotatable bonds is 7. The Hall–Kier alpha value is -3.25. The predicted octanol–water partition coefficient (Wildman–Crippen LogP) is 3.73. The number of benzene rings is 1. The van der Waals surface area contributed by atoms with Gasteiger partial charge >= 0.3 is 5.56 Å². The van der Waals surface area contributed by atoms with Crippen molar-refractivity contribution in [2.75, 3.05) is 36.8 Å². The number of anilines is 2. The van der Waals surface area contributed by atoms with Crippen LogP contribution in [0.25, 0.3) is 5.69 Å². The standard InChI is InChI=1S/C25H27F3N6O2S/c26-17-2-3-21(12-17)36-24-22(14-31-34(25(24)35)20-10-18(27)9-19(28)11-20)32-5-7-33(8-6-32)37-15-16-1-4-23(29)30-13-16/h1,4,9-11,13-14,17,21H,2-3,5-8,12,15H2,(H2,29,30). The lowest BCUT2D eigenvalue weighted by molar-refractivity contribution is 0.193. The van der Waals surface area contributed by atoms with Crippen LogP contribution in [0.3, 0.4) is 0 Å². The summed E-state index contributed by atoms with van der Waals surface area (Å²) in [5.41, 5.74) is 6.52. The van der Waals surface area contributed by atoms with Gasteiger partial charge in [-0.3, -0.25) is 4.79 Å². The Morgan fingerprint density at radius 3 is 2.46 bits per heavy atom. The highest BCUT2D eigenvalue weighted by molar-refractivity contribution is 7.96. The molecule has 196 valence electrons. The number of ether oxygens (including phenoxy) is 1. The molecule has 0 amide bonds. The van der Waals surface area contributed by atoms with Crippen LogP contribution in [0.1, 0.15) is 24.8 Å². The molecule has 3 heterocycles. The Labute approximate surface area is 216 Å². The van der Waals surface area contributed by atoms with Gasteiger partial charge in [-0.1, -0.05) is 18.0 Å². The lowest BCUT2D eigenvalue weighted by atomic mass is 10.2. The zero-order valence-electron chi connectivity index (χ0n) is 20.0. The highest BCUT2D eigenvalue weighted by Crippen LogP contribution is 2.32. The summed E-state index contributed by atoms with van der Waals surface area (Å²) in [7, 11) is 0. The summed E-state index contributed by atoms with van der Waals surface area (Å²) in [6, 6.07) is 6.51. The summed E-state index contributed by atoms with van der Waals surface area (Å²) in [6.07, 6.45) is 2.86. The minimum Gasteiger partial charge on any atom is -0.483 e. The highest BCUT2D eigenvalue weighted by Gasteiger charge is 2.30. The van der Waals surface area contributed by atoms with E-state index in [0.29, 0.717) is 37.4 Å². The second-order valence-electron chi connectivity index (χ2n) is 9.13. The molecule has 1 saturated carbocycles. The molecule has 8 nitrogen and oxygen atoms in total. The summed E-state index contributed by atoms with van der Waals surface area (Å²) < 4.78 is 50.7. The molecule has 2 unspecified atom stereocenters. The van der Waals surface area contributed by atoms with Gasteiger partial charge in [-0.25, -0.2) is 22.5 Å². The molecular formula is C25H27F3N6O2S. The average molecular weight is 533 g/mol. The minimum absolute atomic E-state index is 0.0211. The first-order chi connectivity index (χ1) is 17.9. The number of aromatic nitrogens is 3. The second kappa shape index (κ2) is 11.0. The molecule has 1 aliphatic heterocycles. The van der Waals surface area contributed by atoms with Gasteiger partial charge in [0.15, 0.2) is 0 Å². The van der Waals surface area contributed by atoms with Crippen LogP contribution in [-0.4, -0.2) is 57.5 Å². The summed E-state index contributed by atoms with van der Waals surface area (Å²) in [5.74, 6) is -0.384. The average Bonchev–Trinajstić information content (AvgIpc) is 3.29. The van der Waals surface area contributed by atoms with Gasteiger partial charge in [0.2, 0.25) is 5.75 Å². The van der Waals surface area contributed by atoms with E-state index in [0.717, 1.165) is 47.3 Å². The topological polar surface area (TPSA) is 89.5 Å². The van der Waals surface area contributed by atoms with Crippen LogP contribution in [0, 0.1) is 11.6 Å². The fourth-order valence-corrected chi connectivity index (χ4v) is 5.44. The van der Waals surface area contributed by atoms with Gasteiger partial charge in [0.25, 0.3) is 0 Å². The molecule has 2 fully saturated rings. The molecule has 37 heavy (non-hydrogen) atoms. The number of pyridine rings is 1. The number of alkyl halides is 1. The number of hydrogen-bond acceptors (Lipinski definition) is 8. The SMILES string of the molecule is Nc1ccc(CSN2CCN(c3cnn(-c4cc(F)cc(F)c4)c(=O)c3OC3CCC(F)C3)CC2)cn1. The third kappa shape index (κ3) is 6.02. The van der Waals surface area contributed by atoms with Crippen molar-refractivity contribution in [2.45, 2.75) is 37.3 Å². The Bertz CT molecular complexity index is 1280. The van der Waals surface area contributed by atoms with Crippen molar-refractivity contribution in [1.82, 2.24) is 19.1 Å². The van der Waals surface area contributed by atoms with Gasteiger partial charge < -0.3 is 15.4 Å². The normalized spacial score (nSPS) is 20.4. The number of nitrogens with two attached hydrogens (primary N) is 1. The van der Waals surface area contributed by atoms with Crippen molar-refractivity contribution in [3.05, 3.63) is 70.3 Å².